The van der Waals surface area contributed by atoms with Crippen molar-refractivity contribution >= 4 is 12.2 Å². The summed E-state index contributed by atoms with van der Waals surface area (Å²) in [6.45, 7) is 7.24. The van der Waals surface area contributed by atoms with E-state index in [1.54, 1.807) is 4.90 Å². The lowest BCUT2D eigenvalue weighted by Crippen LogP contribution is -2.67. The minimum absolute atomic E-state index is 0.136. The van der Waals surface area contributed by atoms with Crippen LogP contribution >= 0.6 is 0 Å². The smallest absolute Gasteiger partial charge is 0.410 e. The van der Waals surface area contributed by atoms with Gasteiger partial charge in [0.15, 0.2) is 0 Å². The molecule has 1 saturated heterocycles. The highest BCUT2D eigenvalue weighted by atomic mass is 16.6. The molecular formula is C19H26N2O4. The first-order chi connectivity index (χ1) is 11.7. The lowest BCUT2D eigenvalue weighted by atomic mass is 9.61. The third-order valence-electron chi connectivity index (χ3n) is 4.60. The molecule has 1 N–H and O–H groups in total. The fraction of sp³-hybridized carbons (Fsp3) is 0.579. The van der Waals surface area contributed by atoms with Gasteiger partial charge in [-0.15, -0.1) is 0 Å². The first-order valence-electron chi connectivity index (χ1n) is 8.70. The van der Waals surface area contributed by atoms with E-state index in [4.69, 9.17) is 9.47 Å². The molecule has 0 bridgehead atoms. The van der Waals surface area contributed by atoms with Crippen LogP contribution < -0.4 is 5.32 Å². The number of hydrogen-bond donors (Lipinski definition) is 1. The van der Waals surface area contributed by atoms with Crippen molar-refractivity contribution in [3.05, 3.63) is 35.9 Å². The summed E-state index contributed by atoms with van der Waals surface area (Å²) < 4.78 is 10.6. The predicted molar refractivity (Wildman–Crippen MR) is 93.0 cm³/mol. The van der Waals surface area contributed by atoms with Crippen LogP contribution in [0, 0.1) is 5.41 Å². The highest BCUT2D eigenvalue weighted by molar-refractivity contribution is 5.70. The van der Waals surface area contributed by atoms with Crippen molar-refractivity contribution in [2.45, 2.75) is 51.9 Å². The molecule has 1 aliphatic heterocycles. The van der Waals surface area contributed by atoms with E-state index in [-0.39, 0.29) is 23.6 Å². The molecule has 6 heteroatoms. The molecule has 0 unspecified atom stereocenters. The molecule has 0 atom stereocenters. The molecule has 1 spiro atoms. The molecule has 1 aromatic rings. The molecule has 2 amide bonds. The summed E-state index contributed by atoms with van der Waals surface area (Å²) in [6.07, 6.45) is 1.13. The second-order valence-electron chi connectivity index (χ2n) is 8.15. The quantitative estimate of drug-likeness (QED) is 0.912. The lowest BCUT2D eigenvalue weighted by Gasteiger charge is -2.58. The number of carbonyl (C=O) groups is 2. The van der Waals surface area contributed by atoms with Crippen molar-refractivity contribution in [1.29, 1.82) is 0 Å². The number of nitrogens with one attached hydrogen (secondary N) is 1. The molecule has 1 heterocycles. The molecule has 1 aliphatic carbocycles. The number of hydrogen-bond acceptors (Lipinski definition) is 4. The minimum Gasteiger partial charge on any atom is -0.445 e. The molecule has 2 aliphatic rings. The van der Waals surface area contributed by atoms with Gasteiger partial charge in [-0.2, -0.15) is 0 Å². The molecule has 1 aromatic carbocycles. The highest BCUT2D eigenvalue weighted by Gasteiger charge is 2.54. The molecule has 2 fully saturated rings. The van der Waals surface area contributed by atoms with Crippen LogP contribution in [0.25, 0.3) is 0 Å². The standard InChI is InChI=1S/C19H26N2O4/c1-18(2,3)25-16(22)20-15-9-19(10-15)12-21(13-19)17(23)24-11-14-7-5-4-6-8-14/h4-8,15H,9-13H2,1-3H3,(H,20,22). The van der Waals surface area contributed by atoms with Gasteiger partial charge in [0.1, 0.15) is 12.2 Å². The van der Waals surface area contributed by atoms with Crippen LogP contribution in [-0.4, -0.2) is 41.8 Å². The maximum absolute atomic E-state index is 12.1. The Labute approximate surface area is 148 Å². The summed E-state index contributed by atoms with van der Waals surface area (Å²) in [4.78, 5) is 25.5. The first kappa shape index (κ1) is 17.6. The number of likely N-dealkylation sites (tertiary alicyclic amines) is 1. The van der Waals surface area contributed by atoms with Crippen LogP contribution in [0.2, 0.25) is 0 Å². The normalized spacial score (nSPS) is 18.9. The Hall–Kier alpha value is -2.24. The van der Waals surface area contributed by atoms with Crippen molar-refractivity contribution in [2.75, 3.05) is 13.1 Å². The Morgan fingerprint density at radius 2 is 1.84 bits per heavy atom. The highest BCUT2D eigenvalue weighted by Crippen LogP contribution is 2.48. The maximum Gasteiger partial charge on any atom is 0.410 e. The molecule has 136 valence electrons. The summed E-state index contributed by atoms with van der Waals surface area (Å²) >= 11 is 0. The van der Waals surface area contributed by atoms with Crippen molar-refractivity contribution in [3.8, 4) is 0 Å². The van der Waals surface area contributed by atoms with Gasteiger partial charge < -0.3 is 19.7 Å². The van der Waals surface area contributed by atoms with Gasteiger partial charge in [-0.25, -0.2) is 9.59 Å². The summed E-state index contributed by atoms with van der Waals surface area (Å²) in [6, 6.07) is 9.79. The van der Waals surface area contributed by atoms with E-state index in [1.807, 2.05) is 51.1 Å². The number of amides is 2. The second-order valence-corrected chi connectivity index (χ2v) is 8.15. The Kier molecular flexibility index (Phi) is 4.62. The number of ether oxygens (including phenoxy) is 2. The third-order valence-corrected chi connectivity index (χ3v) is 4.60. The number of alkyl carbamates (subject to hydrolysis) is 1. The van der Waals surface area contributed by atoms with Crippen LogP contribution in [0.15, 0.2) is 30.3 Å². The van der Waals surface area contributed by atoms with Crippen LogP contribution in [0.1, 0.15) is 39.2 Å². The summed E-state index contributed by atoms with van der Waals surface area (Å²) in [5, 5.41) is 2.89. The summed E-state index contributed by atoms with van der Waals surface area (Å²) in [5.74, 6) is 0. The first-order valence-corrected chi connectivity index (χ1v) is 8.70. The van der Waals surface area contributed by atoms with Crippen LogP contribution in [0.3, 0.4) is 0 Å². The van der Waals surface area contributed by atoms with Crippen molar-refractivity contribution in [3.63, 3.8) is 0 Å². The third kappa shape index (κ3) is 4.44. The van der Waals surface area contributed by atoms with Gasteiger partial charge in [0.05, 0.1) is 0 Å². The van der Waals surface area contributed by atoms with Gasteiger partial charge in [0.25, 0.3) is 0 Å². The zero-order valence-corrected chi connectivity index (χ0v) is 15.1. The molecular weight excluding hydrogens is 320 g/mol. The van der Waals surface area contributed by atoms with Gasteiger partial charge in [0.2, 0.25) is 0 Å². The second kappa shape index (κ2) is 6.58. The topological polar surface area (TPSA) is 67.9 Å². The van der Waals surface area contributed by atoms with Gasteiger partial charge in [-0.05, 0) is 39.2 Å². The van der Waals surface area contributed by atoms with E-state index < -0.39 is 5.60 Å². The molecule has 3 rings (SSSR count). The van der Waals surface area contributed by atoms with Gasteiger partial charge in [-0.3, -0.25) is 0 Å². The number of carbonyl (C=O) groups excluding carboxylic acids is 2. The Morgan fingerprint density at radius 3 is 2.44 bits per heavy atom. The predicted octanol–water partition coefficient (Wildman–Crippen LogP) is 3.31. The SMILES string of the molecule is CC(C)(C)OC(=O)NC1CC2(C1)CN(C(=O)OCc1ccccc1)C2. The zero-order valence-electron chi connectivity index (χ0n) is 15.1. The van der Waals surface area contributed by atoms with E-state index in [0.717, 1.165) is 18.4 Å². The van der Waals surface area contributed by atoms with Gasteiger partial charge >= 0.3 is 12.2 Å². The van der Waals surface area contributed by atoms with Crippen molar-refractivity contribution < 1.29 is 19.1 Å². The van der Waals surface area contributed by atoms with Crippen molar-refractivity contribution in [2.24, 2.45) is 5.41 Å². The van der Waals surface area contributed by atoms with E-state index in [0.29, 0.717) is 19.7 Å². The van der Waals surface area contributed by atoms with Crippen LogP contribution in [-0.2, 0) is 16.1 Å². The lowest BCUT2D eigenvalue weighted by molar-refractivity contribution is -0.0717. The average Bonchev–Trinajstić information content (AvgIpc) is 2.45. The van der Waals surface area contributed by atoms with E-state index in [2.05, 4.69) is 5.32 Å². The fourth-order valence-corrected chi connectivity index (χ4v) is 3.52. The maximum atomic E-state index is 12.1. The van der Waals surface area contributed by atoms with Crippen molar-refractivity contribution in [1.82, 2.24) is 10.2 Å². The number of rotatable bonds is 3. The van der Waals surface area contributed by atoms with Crippen LogP contribution in [0.4, 0.5) is 9.59 Å². The molecule has 6 nitrogen and oxygen atoms in total. The molecule has 1 saturated carbocycles. The number of benzene rings is 1. The fourth-order valence-electron chi connectivity index (χ4n) is 3.52. The summed E-state index contributed by atoms with van der Waals surface area (Å²) in [7, 11) is 0. The van der Waals surface area contributed by atoms with Gasteiger partial charge in [0, 0.05) is 24.5 Å². The Bertz CT molecular complexity index is 625. The van der Waals surface area contributed by atoms with E-state index >= 15 is 0 Å². The van der Waals surface area contributed by atoms with Crippen LogP contribution in [0.5, 0.6) is 0 Å². The molecule has 0 radical (unpaired) electrons. The zero-order chi connectivity index (χ0) is 18.1. The monoisotopic (exact) mass is 346 g/mol. The largest absolute Gasteiger partial charge is 0.445 e. The Balaban J connectivity index is 1.35. The molecule has 0 aromatic heterocycles. The summed E-state index contributed by atoms with van der Waals surface area (Å²) in [5.41, 5.74) is 0.642. The van der Waals surface area contributed by atoms with E-state index in [9.17, 15) is 9.59 Å². The minimum atomic E-state index is -0.485. The average molecular weight is 346 g/mol. The molecule has 25 heavy (non-hydrogen) atoms. The van der Waals surface area contributed by atoms with Gasteiger partial charge in [-0.1, -0.05) is 30.3 Å². The Morgan fingerprint density at radius 1 is 1.20 bits per heavy atom. The van der Waals surface area contributed by atoms with E-state index in [1.165, 1.54) is 0 Å². The number of nitrogens with zero attached hydrogens (tertiary/aromatic N) is 1.